The lowest BCUT2D eigenvalue weighted by Crippen LogP contribution is -2.32. The van der Waals surface area contributed by atoms with Gasteiger partial charge in [0.2, 0.25) is 0 Å². The molecule has 1 aromatic heterocycles. The Labute approximate surface area is 110 Å². The molecule has 0 spiro atoms. The van der Waals surface area contributed by atoms with Crippen molar-refractivity contribution < 1.29 is 9.90 Å². The molecule has 6 N–H and O–H groups in total. The van der Waals surface area contributed by atoms with Crippen LogP contribution in [0.2, 0.25) is 0 Å². The number of nitrogen functional groups attached to an aromatic ring is 1. The number of carboxylic acid groups (broad SMARTS) is 1. The molecule has 1 atom stereocenters. The number of nitrogens with two attached hydrogens (primary N) is 2. The number of H-pyrrole nitrogens is 1. The highest BCUT2D eigenvalue weighted by atomic mass is 16.4. The van der Waals surface area contributed by atoms with Crippen molar-refractivity contribution in [1.29, 1.82) is 0 Å². The van der Waals surface area contributed by atoms with Crippen molar-refractivity contribution in [2.24, 2.45) is 5.73 Å². The van der Waals surface area contributed by atoms with E-state index in [1.54, 1.807) is 6.33 Å². The number of aliphatic carboxylic acids is 1. The van der Waals surface area contributed by atoms with Crippen molar-refractivity contribution >= 4 is 11.7 Å². The van der Waals surface area contributed by atoms with Gasteiger partial charge in [0.15, 0.2) is 0 Å². The largest absolute Gasteiger partial charge is 0.480 e. The molecular weight excluding hydrogens is 244 g/mol. The number of anilines is 1. The molecule has 0 saturated heterocycles. The summed E-state index contributed by atoms with van der Waals surface area (Å²) in [4.78, 5) is 17.9. The van der Waals surface area contributed by atoms with Crippen LogP contribution in [0.15, 0.2) is 30.6 Å². The fourth-order valence-electron chi connectivity index (χ4n) is 1.88. The van der Waals surface area contributed by atoms with Gasteiger partial charge in [0.1, 0.15) is 6.04 Å². The fraction of sp³-hybridized carbons (Fsp3) is 0.231. The zero-order valence-corrected chi connectivity index (χ0v) is 10.3. The lowest BCUT2D eigenvalue weighted by Gasteiger charge is -2.07. The van der Waals surface area contributed by atoms with E-state index in [0.717, 1.165) is 11.3 Å². The van der Waals surface area contributed by atoms with Gasteiger partial charge in [-0.25, -0.2) is 4.98 Å². The predicted octanol–water partition coefficient (Wildman–Crippen LogP) is 0.537. The smallest absolute Gasteiger partial charge is 0.320 e. The summed E-state index contributed by atoms with van der Waals surface area (Å²) in [6.45, 7) is 0. The number of benzene rings is 1. The molecule has 1 heterocycles. The van der Waals surface area contributed by atoms with Gasteiger partial charge in [0.25, 0.3) is 0 Å². The van der Waals surface area contributed by atoms with Crippen LogP contribution in [0.5, 0.6) is 0 Å². The predicted molar refractivity (Wildman–Crippen MR) is 71.6 cm³/mol. The zero-order valence-electron chi connectivity index (χ0n) is 10.3. The minimum atomic E-state index is -1.03. The highest BCUT2D eigenvalue weighted by Gasteiger charge is 2.16. The van der Waals surface area contributed by atoms with Crippen LogP contribution in [0.25, 0.3) is 0 Å². The van der Waals surface area contributed by atoms with E-state index in [-0.39, 0.29) is 6.42 Å². The topological polar surface area (TPSA) is 118 Å². The molecule has 0 bridgehead atoms. The van der Waals surface area contributed by atoms with Crippen molar-refractivity contribution in [1.82, 2.24) is 9.97 Å². The molecule has 0 saturated carbocycles. The molecule has 0 fully saturated rings. The normalized spacial score (nSPS) is 12.3. The molecule has 0 radical (unpaired) electrons. The Hall–Kier alpha value is -2.34. The number of nitrogens with zero attached hydrogens (tertiary/aromatic N) is 1. The molecule has 0 aliphatic rings. The molecule has 2 aromatic rings. The Morgan fingerprint density at radius 1 is 1.47 bits per heavy atom. The molecule has 2 rings (SSSR count). The van der Waals surface area contributed by atoms with Crippen LogP contribution in [0.3, 0.4) is 0 Å². The highest BCUT2D eigenvalue weighted by molar-refractivity contribution is 5.73. The van der Waals surface area contributed by atoms with Gasteiger partial charge in [-0.2, -0.15) is 0 Å². The molecule has 6 heteroatoms. The van der Waals surface area contributed by atoms with Crippen molar-refractivity contribution in [2.45, 2.75) is 18.9 Å². The minimum absolute atomic E-state index is 0.205. The van der Waals surface area contributed by atoms with Gasteiger partial charge in [-0.05, 0) is 17.7 Å². The van der Waals surface area contributed by atoms with E-state index in [9.17, 15) is 4.79 Å². The monoisotopic (exact) mass is 260 g/mol. The second-order valence-electron chi connectivity index (χ2n) is 4.40. The Kier molecular flexibility index (Phi) is 3.82. The van der Waals surface area contributed by atoms with Gasteiger partial charge in [-0.15, -0.1) is 0 Å². The molecule has 19 heavy (non-hydrogen) atoms. The number of hydrogen-bond acceptors (Lipinski definition) is 4. The first kappa shape index (κ1) is 13.1. The maximum absolute atomic E-state index is 10.8. The quantitative estimate of drug-likeness (QED) is 0.585. The first-order valence-electron chi connectivity index (χ1n) is 5.90. The Morgan fingerprint density at radius 3 is 2.95 bits per heavy atom. The number of imidazole rings is 1. The van der Waals surface area contributed by atoms with E-state index in [1.165, 1.54) is 0 Å². The second-order valence-corrected chi connectivity index (χ2v) is 4.40. The van der Waals surface area contributed by atoms with Crippen LogP contribution in [-0.2, 0) is 17.6 Å². The van der Waals surface area contributed by atoms with E-state index in [4.69, 9.17) is 16.6 Å². The SMILES string of the molecule is Nc1cccc(Cc2[nH]cnc2C[C@H](N)C(=O)O)c1. The summed E-state index contributed by atoms with van der Waals surface area (Å²) in [6, 6.07) is 6.59. The third-order valence-electron chi connectivity index (χ3n) is 2.87. The number of carbonyl (C=O) groups is 1. The molecule has 1 aromatic carbocycles. The fourth-order valence-corrected chi connectivity index (χ4v) is 1.88. The van der Waals surface area contributed by atoms with E-state index >= 15 is 0 Å². The van der Waals surface area contributed by atoms with Crippen LogP contribution in [0.4, 0.5) is 5.69 Å². The number of aromatic nitrogens is 2. The summed E-state index contributed by atoms with van der Waals surface area (Å²) in [5.41, 5.74) is 14.5. The Balaban J connectivity index is 2.13. The average molecular weight is 260 g/mol. The summed E-state index contributed by atoms with van der Waals surface area (Å²) in [5.74, 6) is -1.03. The Morgan fingerprint density at radius 2 is 2.26 bits per heavy atom. The van der Waals surface area contributed by atoms with E-state index in [2.05, 4.69) is 9.97 Å². The average Bonchev–Trinajstić information content (AvgIpc) is 2.76. The van der Waals surface area contributed by atoms with Gasteiger partial charge in [0, 0.05) is 24.2 Å². The molecular formula is C13H16N4O2. The maximum Gasteiger partial charge on any atom is 0.320 e. The van der Waals surface area contributed by atoms with Gasteiger partial charge in [-0.1, -0.05) is 12.1 Å². The molecule has 0 amide bonds. The molecule has 0 aliphatic carbocycles. The van der Waals surface area contributed by atoms with E-state index in [0.29, 0.717) is 17.8 Å². The van der Waals surface area contributed by atoms with Gasteiger partial charge < -0.3 is 21.6 Å². The lowest BCUT2D eigenvalue weighted by molar-refractivity contribution is -0.138. The first-order chi connectivity index (χ1) is 9.06. The van der Waals surface area contributed by atoms with Crippen LogP contribution in [0, 0.1) is 0 Å². The standard InChI is InChI=1S/C13H16N4O2/c14-9-3-1-2-8(4-9)5-11-12(17-7-16-11)6-10(15)13(18)19/h1-4,7,10H,5-6,14-15H2,(H,16,17)(H,18,19)/t10-/m0/s1. The summed E-state index contributed by atoms with van der Waals surface area (Å²) in [6.07, 6.45) is 2.37. The van der Waals surface area contributed by atoms with Gasteiger partial charge >= 0.3 is 5.97 Å². The van der Waals surface area contributed by atoms with Gasteiger partial charge in [0.05, 0.1) is 12.0 Å². The number of rotatable bonds is 5. The Bertz CT molecular complexity index is 580. The number of aromatic amines is 1. The third-order valence-corrected chi connectivity index (χ3v) is 2.87. The summed E-state index contributed by atoms with van der Waals surface area (Å²) >= 11 is 0. The summed E-state index contributed by atoms with van der Waals surface area (Å²) in [5, 5.41) is 8.82. The van der Waals surface area contributed by atoms with E-state index in [1.807, 2.05) is 24.3 Å². The van der Waals surface area contributed by atoms with Crippen LogP contribution >= 0.6 is 0 Å². The van der Waals surface area contributed by atoms with E-state index < -0.39 is 12.0 Å². The summed E-state index contributed by atoms with van der Waals surface area (Å²) < 4.78 is 0. The van der Waals surface area contributed by atoms with Crippen LogP contribution in [-0.4, -0.2) is 27.1 Å². The maximum atomic E-state index is 10.8. The molecule has 0 aliphatic heterocycles. The van der Waals surface area contributed by atoms with Crippen LogP contribution < -0.4 is 11.5 Å². The minimum Gasteiger partial charge on any atom is -0.480 e. The van der Waals surface area contributed by atoms with Crippen molar-refractivity contribution in [3.8, 4) is 0 Å². The summed E-state index contributed by atoms with van der Waals surface area (Å²) in [7, 11) is 0. The van der Waals surface area contributed by atoms with Gasteiger partial charge in [-0.3, -0.25) is 4.79 Å². The zero-order chi connectivity index (χ0) is 13.8. The highest BCUT2D eigenvalue weighted by Crippen LogP contribution is 2.14. The number of hydrogen-bond donors (Lipinski definition) is 4. The molecule has 0 unspecified atom stereocenters. The third kappa shape index (κ3) is 3.32. The first-order valence-corrected chi connectivity index (χ1v) is 5.90. The second kappa shape index (κ2) is 5.53. The number of nitrogens with one attached hydrogen (secondary N) is 1. The number of carboxylic acids is 1. The van der Waals surface area contributed by atoms with Crippen molar-refractivity contribution in [3.05, 3.63) is 47.5 Å². The molecule has 100 valence electrons. The molecule has 6 nitrogen and oxygen atoms in total. The lowest BCUT2D eigenvalue weighted by atomic mass is 10.0. The van der Waals surface area contributed by atoms with Crippen molar-refractivity contribution in [3.63, 3.8) is 0 Å². The van der Waals surface area contributed by atoms with Crippen LogP contribution in [0.1, 0.15) is 17.0 Å². The van der Waals surface area contributed by atoms with Crippen molar-refractivity contribution in [2.75, 3.05) is 5.73 Å².